The maximum Gasteiger partial charge on any atom is 0.325 e. The van der Waals surface area contributed by atoms with Crippen molar-refractivity contribution in [2.45, 2.75) is 44.8 Å². The summed E-state index contributed by atoms with van der Waals surface area (Å²) in [5.41, 5.74) is -0.361. The number of halogens is 1. The highest BCUT2D eigenvalue weighted by atomic mass is 19.1. The van der Waals surface area contributed by atoms with E-state index in [-0.39, 0.29) is 12.5 Å². The van der Waals surface area contributed by atoms with E-state index in [4.69, 9.17) is 0 Å². The van der Waals surface area contributed by atoms with Crippen LogP contribution in [0.25, 0.3) is 0 Å². The molecule has 1 saturated heterocycles. The molecular formula is C18H23FN2O3. The van der Waals surface area contributed by atoms with Gasteiger partial charge in [-0.25, -0.2) is 9.18 Å². The third-order valence-corrected chi connectivity index (χ3v) is 5.05. The Morgan fingerprint density at radius 2 is 1.83 bits per heavy atom. The van der Waals surface area contributed by atoms with Crippen LogP contribution in [0.1, 0.15) is 44.8 Å². The molecular weight excluding hydrogens is 311 g/mol. The zero-order chi connectivity index (χ0) is 17.5. The summed E-state index contributed by atoms with van der Waals surface area (Å²) in [5.74, 6) is 0.0667. The number of carbonyl (C=O) groups is 2. The van der Waals surface area contributed by atoms with E-state index < -0.39 is 23.5 Å². The second-order valence-corrected chi connectivity index (χ2v) is 7.35. The fourth-order valence-electron chi connectivity index (χ4n) is 4.21. The average molecular weight is 334 g/mol. The van der Waals surface area contributed by atoms with E-state index in [2.05, 4.69) is 19.2 Å². The van der Waals surface area contributed by atoms with Gasteiger partial charge in [0.15, 0.2) is 0 Å². The maximum absolute atomic E-state index is 13.0. The molecule has 3 atom stereocenters. The molecule has 1 aliphatic heterocycles. The number of carbonyl (C=O) groups excluding carboxylic acids is 2. The van der Waals surface area contributed by atoms with Crippen LogP contribution in [0.4, 0.5) is 9.18 Å². The summed E-state index contributed by atoms with van der Waals surface area (Å²) in [6, 6.07) is 4.95. The van der Waals surface area contributed by atoms with Crippen molar-refractivity contribution < 1.29 is 19.1 Å². The lowest BCUT2D eigenvalue weighted by molar-refractivity contribution is -0.134. The highest BCUT2D eigenvalue weighted by Gasteiger charge is 2.54. The molecule has 1 heterocycles. The first kappa shape index (κ1) is 16.9. The molecule has 3 unspecified atom stereocenters. The summed E-state index contributed by atoms with van der Waals surface area (Å²) in [7, 11) is 0. The van der Waals surface area contributed by atoms with E-state index in [0.29, 0.717) is 30.2 Å². The number of imide groups is 1. The second kappa shape index (κ2) is 6.16. The molecule has 6 heteroatoms. The van der Waals surface area contributed by atoms with Gasteiger partial charge in [0.05, 0.1) is 12.6 Å². The molecule has 130 valence electrons. The van der Waals surface area contributed by atoms with Crippen LogP contribution in [0.2, 0.25) is 0 Å². The monoisotopic (exact) mass is 334 g/mol. The van der Waals surface area contributed by atoms with Crippen molar-refractivity contribution >= 4 is 11.9 Å². The van der Waals surface area contributed by atoms with Gasteiger partial charge in [-0.3, -0.25) is 9.69 Å². The van der Waals surface area contributed by atoms with E-state index in [1.807, 2.05) is 0 Å². The summed E-state index contributed by atoms with van der Waals surface area (Å²) in [4.78, 5) is 26.3. The number of β-amino-alcohol motifs (C(OH)–C–C–N with tert-alkyl or cyclic N) is 1. The van der Waals surface area contributed by atoms with Gasteiger partial charge in [-0.2, -0.15) is 0 Å². The van der Waals surface area contributed by atoms with E-state index in [1.54, 1.807) is 0 Å². The Kier molecular flexibility index (Phi) is 4.34. The lowest BCUT2D eigenvalue weighted by atomic mass is 9.71. The molecule has 0 bridgehead atoms. The van der Waals surface area contributed by atoms with Crippen molar-refractivity contribution in [1.82, 2.24) is 10.2 Å². The minimum atomic E-state index is -1.03. The predicted octanol–water partition coefficient (Wildman–Crippen LogP) is 2.61. The molecule has 1 spiro atoms. The second-order valence-electron chi connectivity index (χ2n) is 7.35. The van der Waals surface area contributed by atoms with Crippen LogP contribution in [0.5, 0.6) is 0 Å². The summed E-state index contributed by atoms with van der Waals surface area (Å²) in [6.07, 6.45) is 1.27. The van der Waals surface area contributed by atoms with Crippen LogP contribution in [0, 0.1) is 17.7 Å². The van der Waals surface area contributed by atoms with Crippen molar-refractivity contribution in [3.8, 4) is 0 Å². The number of nitrogens with zero attached hydrogens (tertiary/aromatic N) is 1. The van der Waals surface area contributed by atoms with Gasteiger partial charge < -0.3 is 10.4 Å². The first-order valence-corrected chi connectivity index (χ1v) is 8.38. The predicted molar refractivity (Wildman–Crippen MR) is 86.5 cm³/mol. The van der Waals surface area contributed by atoms with Gasteiger partial charge in [0.1, 0.15) is 11.4 Å². The normalized spacial score (nSPS) is 31.4. The fraction of sp³-hybridized carbons (Fsp3) is 0.556. The van der Waals surface area contributed by atoms with Crippen LogP contribution in [-0.4, -0.2) is 34.0 Å². The summed E-state index contributed by atoms with van der Waals surface area (Å²) in [5, 5.41) is 13.2. The van der Waals surface area contributed by atoms with Crippen molar-refractivity contribution in [3.63, 3.8) is 0 Å². The molecule has 0 aromatic heterocycles. The number of urea groups is 1. The highest BCUT2D eigenvalue weighted by molar-refractivity contribution is 6.07. The summed E-state index contributed by atoms with van der Waals surface area (Å²) >= 11 is 0. The molecule has 2 aliphatic rings. The minimum absolute atomic E-state index is 0.124. The number of hydrogen-bond donors (Lipinski definition) is 2. The zero-order valence-electron chi connectivity index (χ0n) is 14.0. The Morgan fingerprint density at radius 3 is 2.42 bits per heavy atom. The first-order chi connectivity index (χ1) is 11.3. The van der Waals surface area contributed by atoms with Crippen LogP contribution >= 0.6 is 0 Å². The standard InChI is InChI=1S/C18H23FN2O3/c1-11-7-12(2)9-18(8-11)16(23)21(17(24)20-18)10-15(22)13-3-5-14(19)6-4-13/h3-6,11-12,15,22H,7-10H2,1-2H3,(H,20,24). The summed E-state index contributed by atoms with van der Waals surface area (Å²) in [6.45, 7) is 4.06. The molecule has 1 aliphatic carbocycles. The molecule has 5 nitrogen and oxygen atoms in total. The number of benzene rings is 1. The van der Waals surface area contributed by atoms with Gasteiger partial charge in [0.2, 0.25) is 0 Å². The molecule has 24 heavy (non-hydrogen) atoms. The Hall–Kier alpha value is -1.95. The van der Waals surface area contributed by atoms with E-state index in [1.165, 1.54) is 24.3 Å². The Balaban J connectivity index is 1.76. The van der Waals surface area contributed by atoms with Crippen molar-refractivity contribution in [1.29, 1.82) is 0 Å². The Morgan fingerprint density at radius 1 is 1.25 bits per heavy atom. The molecule has 1 aromatic carbocycles. The quantitative estimate of drug-likeness (QED) is 0.835. The van der Waals surface area contributed by atoms with E-state index >= 15 is 0 Å². The van der Waals surface area contributed by atoms with Gasteiger partial charge in [-0.05, 0) is 48.8 Å². The van der Waals surface area contributed by atoms with Crippen LogP contribution < -0.4 is 5.32 Å². The van der Waals surface area contributed by atoms with Gasteiger partial charge in [-0.1, -0.05) is 26.0 Å². The lowest BCUT2D eigenvalue weighted by Crippen LogP contribution is -2.52. The van der Waals surface area contributed by atoms with E-state index in [0.717, 1.165) is 11.3 Å². The third kappa shape index (κ3) is 3.02. The van der Waals surface area contributed by atoms with Gasteiger partial charge in [0, 0.05) is 0 Å². The van der Waals surface area contributed by atoms with Gasteiger partial charge in [-0.15, -0.1) is 0 Å². The zero-order valence-corrected chi connectivity index (χ0v) is 14.0. The number of rotatable bonds is 3. The first-order valence-electron chi connectivity index (χ1n) is 8.38. The number of aliphatic hydroxyl groups is 1. The maximum atomic E-state index is 13.0. The van der Waals surface area contributed by atoms with Crippen molar-refractivity contribution in [2.75, 3.05) is 6.54 Å². The lowest BCUT2D eigenvalue weighted by Gasteiger charge is -2.38. The van der Waals surface area contributed by atoms with Crippen molar-refractivity contribution in [3.05, 3.63) is 35.6 Å². The average Bonchev–Trinajstić information content (AvgIpc) is 2.70. The van der Waals surface area contributed by atoms with Crippen molar-refractivity contribution in [2.24, 2.45) is 11.8 Å². The number of nitrogens with one attached hydrogen (secondary N) is 1. The molecule has 3 rings (SSSR count). The fourth-order valence-corrected chi connectivity index (χ4v) is 4.21. The van der Waals surface area contributed by atoms with Crippen LogP contribution in [0.15, 0.2) is 24.3 Å². The molecule has 2 N–H and O–H groups in total. The summed E-state index contributed by atoms with van der Waals surface area (Å²) < 4.78 is 13.0. The SMILES string of the molecule is CC1CC(C)CC2(C1)NC(=O)N(CC(O)c1ccc(F)cc1)C2=O. The topological polar surface area (TPSA) is 69.6 Å². The molecule has 0 radical (unpaired) electrons. The third-order valence-electron chi connectivity index (χ3n) is 5.05. The molecule has 1 aromatic rings. The number of amides is 3. The molecule has 2 fully saturated rings. The minimum Gasteiger partial charge on any atom is -0.387 e. The smallest absolute Gasteiger partial charge is 0.325 e. The van der Waals surface area contributed by atoms with Crippen LogP contribution in [0.3, 0.4) is 0 Å². The Bertz CT molecular complexity index is 636. The highest BCUT2D eigenvalue weighted by Crippen LogP contribution is 2.40. The van der Waals surface area contributed by atoms with E-state index in [9.17, 15) is 19.1 Å². The molecule has 1 saturated carbocycles. The van der Waals surface area contributed by atoms with Gasteiger partial charge >= 0.3 is 6.03 Å². The van der Waals surface area contributed by atoms with Gasteiger partial charge in [0.25, 0.3) is 5.91 Å². The number of hydrogen-bond acceptors (Lipinski definition) is 3. The number of aliphatic hydroxyl groups excluding tert-OH is 1. The molecule has 3 amide bonds. The van der Waals surface area contributed by atoms with Crippen LogP contribution in [-0.2, 0) is 4.79 Å². The largest absolute Gasteiger partial charge is 0.387 e. The Labute approximate surface area is 140 Å².